The molecular formula is C10H16N2O4. The first-order chi connectivity index (χ1) is 7.26. The molecule has 0 rings (SSSR count). The number of hydrogen-bond acceptors (Lipinski definition) is 4. The van der Waals surface area contributed by atoms with E-state index < -0.39 is 23.7 Å². The lowest BCUT2D eigenvalue weighted by molar-refractivity contribution is -0.139. The molecule has 6 nitrogen and oxygen atoms in total. The topological polar surface area (TPSA) is 99.4 Å². The highest BCUT2D eigenvalue weighted by Gasteiger charge is 2.23. The van der Waals surface area contributed by atoms with Gasteiger partial charge in [0.25, 0.3) is 0 Å². The van der Waals surface area contributed by atoms with E-state index in [-0.39, 0.29) is 12.8 Å². The molecule has 16 heavy (non-hydrogen) atoms. The molecule has 6 heteroatoms. The molecular weight excluding hydrogens is 212 g/mol. The van der Waals surface area contributed by atoms with Crippen LogP contribution < -0.4 is 5.32 Å². The Kier molecular flexibility index (Phi) is 5.30. The van der Waals surface area contributed by atoms with Crippen molar-refractivity contribution in [2.45, 2.75) is 45.3 Å². The van der Waals surface area contributed by atoms with Gasteiger partial charge in [0.1, 0.15) is 11.6 Å². The minimum Gasteiger partial charge on any atom is -0.480 e. The Morgan fingerprint density at radius 3 is 2.44 bits per heavy atom. The van der Waals surface area contributed by atoms with Crippen LogP contribution in [0, 0.1) is 11.3 Å². The SMILES string of the molecule is CC(C)(C)OC(=O)N[C@@H](CCC#N)C(=O)O. The highest BCUT2D eigenvalue weighted by Crippen LogP contribution is 2.07. The summed E-state index contributed by atoms with van der Waals surface area (Å²) in [6, 6.07) is 0.731. The molecule has 0 aliphatic rings. The number of carbonyl (C=O) groups excluding carboxylic acids is 1. The van der Waals surface area contributed by atoms with Crippen molar-refractivity contribution in [1.29, 1.82) is 5.26 Å². The molecule has 0 aromatic heterocycles. The first-order valence-corrected chi connectivity index (χ1v) is 4.85. The van der Waals surface area contributed by atoms with Crippen LogP contribution in [-0.2, 0) is 9.53 Å². The zero-order chi connectivity index (χ0) is 12.8. The van der Waals surface area contributed by atoms with E-state index in [1.807, 2.05) is 6.07 Å². The molecule has 0 aromatic rings. The largest absolute Gasteiger partial charge is 0.480 e. The normalized spacial score (nSPS) is 12.4. The molecule has 0 saturated carbocycles. The van der Waals surface area contributed by atoms with Gasteiger partial charge in [-0.05, 0) is 27.2 Å². The van der Waals surface area contributed by atoms with Gasteiger partial charge in [-0.3, -0.25) is 0 Å². The van der Waals surface area contributed by atoms with Crippen LogP contribution in [0.5, 0.6) is 0 Å². The van der Waals surface area contributed by atoms with E-state index in [1.54, 1.807) is 20.8 Å². The summed E-state index contributed by atoms with van der Waals surface area (Å²) in [6.45, 7) is 5.03. The molecule has 0 heterocycles. The van der Waals surface area contributed by atoms with Gasteiger partial charge in [0.05, 0.1) is 6.07 Å². The van der Waals surface area contributed by atoms with E-state index in [4.69, 9.17) is 15.1 Å². The molecule has 0 aliphatic carbocycles. The van der Waals surface area contributed by atoms with Crippen LogP contribution in [0.3, 0.4) is 0 Å². The molecule has 0 fully saturated rings. The molecule has 1 amide bonds. The average molecular weight is 228 g/mol. The Morgan fingerprint density at radius 1 is 1.50 bits per heavy atom. The Labute approximate surface area is 94.2 Å². The Hall–Kier alpha value is -1.77. The maximum atomic E-state index is 11.3. The number of nitrogens with one attached hydrogen (secondary N) is 1. The fraction of sp³-hybridized carbons (Fsp3) is 0.700. The Bertz CT molecular complexity index is 301. The fourth-order valence-electron chi connectivity index (χ4n) is 0.916. The Balaban J connectivity index is 4.25. The van der Waals surface area contributed by atoms with E-state index in [9.17, 15) is 9.59 Å². The smallest absolute Gasteiger partial charge is 0.408 e. The predicted molar refractivity (Wildman–Crippen MR) is 55.6 cm³/mol. The molecule has 2 N–H and O–H groups in total. The lowest BCUT2D eigenvalue weighted by atomic mass is 10.1. The van der Waals surface area contributed by atoms with Gasteiger partial charge in [0, 0.05) is 6.42 Å². The van der Waals surface area contributed by atoms with Crippen molar-refractivity contribution < 1.29 is 19.4 Å². The van der Waals surface area contributed by atoms with Crippen LogP contribution >= 0.6 is 0 Å². The van der Waals surface area contributed by atoms with Gasteiger partial charge < -0.3 is 15.2 Å². The minimum atomic E-state index is -1.18. The molecule has 0 saturated heterocycles. The van der Waals surface area contributed by atoms with Gasteiger partial charge in [-0.2, -0.15) is 5.26 Å². The summed E-state index contributed by atoms with van der Waals surface area (Å²) in [4.78, 5) is 22.0. The third-order valence-electron chi connectivity index (χ3n) is 1.53. The second kappa shape index (κ2) is 5.95. The number of carboxylic acid groups (broad SMARTS) is 1. The molecule has 0 aliphatic heterocycles. The predicted octanol–water partition coefficient (Wildman–Crippen LogP) is 1.27. The lowest BCUT2D eigenvalue weighted by Crippen LogP contribution is -2.43. The number of ether oxygens (including phenoxy) is 1. The van der Waals surface area contributed by atoms with Crippen LogP contribution in [0.15, 0.2) is 0 Å². The molecule has 0 spiro atoms. The number of hydrogen-bond donors (Lipinski definition) is 2. The first kappa shape index (κ1) is 14.2. The van der Waals surface area contributed by atoms with Crippen molar-refractivity contribution in [3.8, 4) is 6.07 Å². The van der Waals surface area contributed by atoms with Gasteiger partial charge in [-0.15, -0.1) is 0 Å². The molecule has 0 bridgehead atoms. The van der Waals surface area contributed by atoms with Gasteiger partial charge >= 0.3 is 12.1 Å². The third-order valence-corrected chi connectivity index (χ3v) is 1.53. The third kappa shape index (κ3) is 6.65. The van der Waals surface area contributed by atoms with Crippen molar-refractivity contribution in [1.82, 2.24) is 5.32 Å². The molecule has 90 valence electrons. The molecule has 0 radical (unpaired) electrons. The number of carboxylic acids is 1. The first-order valence-electron chi connectivity index (χ1n) is 4.85. The summed E-state index contributed by atoms with van der Waals surface area (Å²) in [5.41, 5.74) is -0.678. The number of alkyl carbamates (subject to hydrolysis) is 1. The maximum absolute atomic E-state index is 11.3. The van der Waals surface area contributed by atoms with E-state index in [0.29, 0.717) is 0 Å². The van der Waals surface area contributed by atoms with Crippen molar-refractivity contribution in [2.24, 2.45) is 0 Å². The van der Waals surface area contributed by atoms with Crippen molar-refractivity contribution in [2.75, 3.05) is 0 Å². The summed E-state index contributed by atoms with van der Waals surface area (Å²) in [5.74, 6) is -1.18. The molecule has 0 unspecified atom stereocenters. The van der Waals surface area contributed by atoms with E-state index >= 15 is 0 Å². The second-order valence-corrected chi connectivity index (χ2v) is 4.23. The summed E-state index contributed by atoms with van der Waals surface area (Å²) < 4.78 is 4.90. The van der Waals surface area contributed by atoms with Crippen molar-refractivity contribution in [3.63, 3.8) is 0 Å². The fourth-order valence-corrected chi connectivity index (χ4v) is 0.916. The summed E-state index contributed by atoms with van der Waals surface area (Å²) in [7, 11) is 0. The highest BCUT2D eigenvalue weighted by atomic mass is 16.6. The van der Waals surface area contributed by atoms with Gasteiger partial charge in [-0.25, -0.2) is 9.59 Å². The molecule has 0 aromatic carbocycles. The van der Waals surface area contributed by atoms with E-state index in [2.05, 4.69) is 5.32 Å². The van der Waals surface area contributed by atoms with Crippen LogP contribution in [0.1, 0.15) is 33.6 Å². The van der Waals surface area contributed by atoms with E-state index in [0.717, 1.165) is 0 Å². The zero-order valence-corrected chi connectivity index (χ0v) is 9.61. The highest BCUT2D eigenvalue weighted by molar-refractivity contribution is 5.79. The number of nitrogens with zero attached hydrogens (tertiary/aromatic N) is 1. The summed E-state index contributed by atoms with van der Waals surface area (Å²) in [5, 5.41) is 19.3. The van der Waals surface area contributed by atoms with Crippen LogP contribution in [0.4, 0.5) is 4.79 Å². The average Bonchev–Trinajstić information content (AvgIpc) is 2.08. The number of carbonyl (C=O) groups is 2. The standard InChI is InChI=1S/C10H16N2O4/c1-10(2,3)16-9(15)12-7(8(13)14)5-4-6-11/h7H,4-5H2,1-3H3,(H,12,15)(H,13,14)/t7-/m0/s1. The van der Waals surface area contributed by atoms with Gasteiger partial charge in [0.15, 0.2) is 0 Å². The van der Waals surface area contributed by atoms with E-state index in [1.165, 1.54) is 0 Å². The number of rotatable bonds is 4. The Morgan fingerprint density at radius 2 is 2.06 bits per heavy atom. The van der Waals surface area contributed by atoms with Gasteiger partial charge in [0.2, 0.25) is 0 Å². The van der Waals surface area contributed by atoms with Crippen molar-refractivity contribution in [3.05, 3.63) is 0 Å². The van der Waals surface area contributed by atoms with Crippen LogP contribution in [-0.4, -0.2) is 28.8 Å². The van der Waals surface area contributed by atoms with Crippen LogP contribution in [0.2, 0.25) is 0 Å². The number of amides is 1. The van der Waals surface area contributed by atoms with Gasteiger partial charge in [-0.1, -0.05) is 0 Å². The molecule has 1 atom stereocenters. The zero-order valence-electron chi connectivity index (χ0n) is 9.61. The summed E-state index contributed by atoms with van der Waals surface area (Å²) in [6.07, 6.45) is -0.671. The summed E-state index contributed by atoms with van der Waals surface area (Å²) >= 11 is 0. The number of nitriles is 1. The monoisotopic (exact) mass is 228 g/mol. The lowest BCUT2D eigenvalue weighted by Gasteiger charge is -2.21. The van der Waals surface area contributed by atoms with Crippen LogP contribution in [0.25, 0.3) is 0 Å². The van der Waals surface area contributed by atoms with Crippen molar-refractivity contribution >= 4 is 12.1 Å². The minimum absolute atomic E-state index is 0.0606. The maximum Gasteiger partial charge on any atom is 0.408 e. The second-order valence-electron chi connectivity index (χ2n) is 4.23. The quantitative estimate of drug-likeness (QED) is 0.754. The number of aliphatic carboxylic acids is 1.